The second kappa shape index (κ2) is 5.51. The van der Waals surface area contributed by atoms with E-state index in [9.17, 15) is 0 Å². The maximum absolute atomic E-state index is 4.66. The second-order valence-corrected chi connectivity index (χ2v) is 5.42. The minimum atomic E-state index is 0.806. The molecule has 19 heavy (non-hydrogen) atoms. The largest absolute Gasteiger partial charge is 0.307 e. The highest BCUT2D eigenvalue weighted by Crippen LogP contribution is 2.14. The number of para-hydroxylation sites is 1. The molecule has 3 heteroatoms. The molecule has 0 saturated heterocycles. The van der Waals surface area contributed by atoms with Gasteiger partial charge in [0.1, 0.15) is 0 Å². The summed E-state index contributed by atoms with van der Waals surface area (Å²) in [6, 6.07) is 12.4. The van der Waals surface area contributed by atoms with Crippen molar-refractivity contribution in [3.63, 3.8) is 0 Å². The maximum atomic E-state index is 4.66. The molecule has 0 unspecified atom stereocenters. The zero-order valence-electron chi connectivity index (χ0n) is 10.9. The van der Waals surface area contributed by atoms with Gasteiger partial charge in [0.2, 0.25) is 0 Å². The van der Waals surface area contributed by atoms with Gasteiger partial charge < -0.3 is 5.32 Å². The van der Waals surface area contributed by atoms with E-state index in [0.717, 1.165) is 24.3 Å². The molecule has 2 aromatic heterocycles. The van der Waals surface area contributed by atoms with Gasteiger partial charge in [-0.05, 0) is 40.9 Å². The Balaban J connectivity index is 1.67. The SMILES string of the molecule is Cc1cscc1CNCc1ccc2ccccc2n1. The quantitative estimate of drug-likeness (QED) is 0.776. The summed E-state index contributed by atoms with van der Waals surface area (Å²) in [6.45, 7) is 3.87. The molecule has 2 nitrogen and oxygen atoms in total. The van der Waals surface area contributed by atoms with Gasteiger partial charge in [0.25, 0.3) is 0 Å². The Morgan fingerprint density at radius 3 is 2.79 bits per heavy atom. The van der Waals surface area contributed by atoms with Crippen molar-refractivity contribution in [2.45, 2.75) is 20.0 Å². The fourth-order valence-corrected chi connectivity index (χ4v) is 2.96. The van der Waals surface area contributed by atoms with Crippen LogP contribution in [0.25, 0.3) is 10.9 Å². The Bertz CT molecular complexity index is 688. The van der Waals surface area contributed by atoms with Crippen molar-refractivity contribution in [3.8, 4) is 0 Å². The summed E-state index contributed by atoms with van der Waals surface area (Å²) in [5.41, 5.74) is 4.90. The first kappa shape index (κ1) is 12.3. The van der Waals surface area contributed by atoms with Gasteiger partial charge in [-0.2, -0.15) is 11.3 Å². The number of hydrogen-bond acceptors (Lipinski definition) is 3. The zero-order valence-corrected chi connectivity index (χ0v) is 11.7. The average Bonchev–Trinajstić information content (AvgIpc) is 2.84. The van der Waals surface area contributed by atoms with Gasteiger partial charge >= 0.3 is 0 Å². The third-order valence-electron chi connectivity index (χ3n) is 3.24. The number of thiophene rings is 1. The molecule has 0 bridgehead atoms. The molecule has 3 aromatic rings. The molecule has 0 aliphatic carbocycles. The third kappa shape index (κ3) is 2.83. The fraction of sp³-hybridized carbons (Fsp3) is 0.188. The van der Waals surface area contributed by atoms with Crippen molar-refractivity contribution in [1.29, 1.82) is 0 Å². The fourth-order valence-electron chi connectivity index (χ4n) is 2.10. The van der Waals surface area contributed by atoms with E-state index in [2.05, 4.69) is 52.3 Å². The average molecular weight is 268 g/mol. The van der Waals surface area contributed by atoms with E-state index < -0.39 is 0 Å². The lowest BCUT2D eigenvalue weighted by atomic mass is 10.2. The Hall–Kier alpha value is -1.71. The molecule has 0 atom stereocenters. The van der Waals surface area contributed by atoms with Crippen LogP contribution in [0.2, 0.25) is 0 Å². The van der Waals surface area contributed by atoms with Gasteiger partial charge in [0, 0.05) is 18.5 Å². The topological polar surface area (TPSA) is 24.9 Å². The standard InChI is InChI=1S/C16H16N2S/c1-12-10-19-11-14(12)8-17-9-15-7-6-13-4-2-3-5-16(13)18-15/h2-7,10-11,17H,8-9H2,1H3. The number of rotatable bonds is 4. The number of nitrogens with zero attached hydrogens (tertiary/aromatic N) is 1. The van der Waals surface area contributed by atoms with Gasteiger partial charge in [-0.1, -0.05) is 24.3 Å². The number of pyridine rings is 1. The van der Waals surface area contributed by atoms with Gasteiger partial charge in [-0.3, -0.25) is 4.98 Å². The molecule has 0 radical (unpaired) electrons. The van der Waals surface area contributed by atoms with Crippen LogP contribution >= 0.6 is 11.3 Å². The molecular weight excluding hydrogens is 252 g/mol. The molecule has 0 saturated carbocycles. The minimum Gasteiger partial charge on any atom is -0.307 e. The van der Waals surface area contributed by atoms with Crippen LogP contribution in [0, 0.1) is 6.92 Å². The normalized spacial score (nSPS) is 11.0. The predicted octanol–water partition coefficient (Wildman–Crippen LogP) is 3.89. The molecule has 0 aliphatic heterocycles. The van der Waals surface area contributed by atoms with E-state index in [0.29, 0.717) is 0 Å². The first-order chi connectivity index (χ1) is 9.33. The molecule has 96 valence electrons. The minimum absolute atomic E-state index is 0.806. The Morgan fingerprint density at radius 2 is 1.95 bits per heavy atom. The second-order valence-electron chi connectivity index (χ2n) is 4.68. The Labute approximate surface area is 117 Å². The molecule has 3 rings (SSSR count). The van der Waals surface area contributed by atoms with Crippen molar-refractivity contribution in [1.82, 2.24) is 10.3 Å². The smallest absolute Gasteiger partial charge is 0.0705 e. The van der Waals surface area contributed by atoms with Crippen molar-refractivity contribution < 1.29 is 0 Å². The highest BCUT2D eigenvalue weighted by Gasteiger charge is 2.00. The van der Waals surface area contributed by atoms with Crippen LogP contribution in [0.3, 0.4) is 0 Å². The summed E-state index contributed by atoms with van der Waals surface area (Å²) in [6.07, 6.45) is 0. The number of benzene rings is 1. The van der Waals surface area contributed by atoms with E-state index in [1.807, 2.05) is 12.1 Å². The summed E-state index contributed by atoms with van der Waals surface area (Å²) >= 11 is 1.76. The molecule has 1 aromatic carbocycles. The van der Waals surface area contributed by atoms with Crippen molar-refractivity contribution in [2.75, 3.05) is 0 Å². The first-order valence-corrected chi connectivity index (χ1v) is 7.34. The van der Waals surface area contributed by atoms with E-state index >= 15 is 0 Å². The maximum Gasteiger partial charge on any atom is 0.0705 e. The van der Waals surface area contributed by atoms with Gasteiger partial charge in [0.15, 0.2) is 0 Å². The summed E-state index contributed by atoms with van der Waals surface area (Å²) < 4.78 is 0. The molecule has 0 amide bonds. The van der Waals surface area contributed by atoms with Crippen molar-refractivity contribution >= 4 is 22.2 Å². The lowest BCUT2D eigenvalue weighted by Gasteiger charge is -2.05. The summed E-state index contributed by atoms with van der Waals surface area (Å²) in [5.74, 6) is 0. The molecule has 0 aliphatic rings. The Kier molecular flexibility index (Phi) is 3.58. The van der Waals surface area contributed by atoms with Gasteiger partial charge in [-0.15, -0.1) is 0 Å². The van der Waals surface area contributed by atoms with Gasteiger partial charge in [-0.25, -0.2) is 0 Å². The van der Waals surface area contributed by atoms with Crippen LogP contribution in [0.4, 0.5) is 0 Å². The van der Waals surface area contributed by atoms with Crippen molar-refractivity contribution in [2.24, 2.45) is 0 Å². The van der Waals surface area contributed by atoms with E-state index in [1.165, 1.54) is 16.5 Å². The zero-order chi connectivity index (χ0) is 13.1. The molecular formula is C16H16N2S. The molecule has 0 fully saturated rings. The number of aromatic nitrogens is 1. The third-order valence-corrected chi connectivity index (χ3v) is 4.15. The molecule has 2 heterocycles. The predicted molar refractivity (Wildman–Crippen MR) is 81.3 cm³/mol. The number of hydrogen-bond donors (Lipinski definition) is 1. The summed E-state index contributed by atoms with van der Waals surface area (Å²) in [7, 11) is 0. The van der Waals surface area contributed by atoms with Crippen molar-refractivity contribution in [3.05, 3.63) is 64.0 Å². The Morgan fingerprint density at radius 1 is 1.05 bits per heavy atom. The van der Waals surface area contributed by atoms with E-state index in [1.54, 1.807) is 11.3 Å². The summed E-state index contributed by atoms with van der Waals surface area (Å²) in [5, 5.41) is 9.04. The van der Waals surface area contributed by atoms with Crippen LogP contribution in [-0.2, 0) is 13.1 Å². The molecule has 0 spiro atoms. The highest BCUT2D eigenvalue weighted by molar-refractivity contribution is 7.08. The monoisotopic (exact) mass is 268 g/mol. The first-order valence-electron chi connectivity index (χ1n) is 6.40. The molecule has 1 N–H and O–H groups in total. The van der Waals surface area contributed by atoms with Crippen LogP contribution in [0.5, 0.6) is 0 Å². The van der Waals surface area contributed by atoms with Gasteiger partial charge in [0.05, 0.1) is 11.2 Å². The lowest BCUT2D eigenvalue weighted by Crippen LogP contribution is -2.13. The van der Waals surface area contributed by atoms with Crippen LogP contribution in [-0.4, -0.2) is 4.98 Å². The number of nitrogens with one attached hydrogen (secondary N) is 1. The highest BCUT2D eigenvalue weighted by atomic mass is 32.1. The van der Waals surface area contributed by atoms with E-state index in [-0.39, 0.29) is 0 Å². The van der Waals surface area contributed by atoms with Crippen LogP contribution in [0.1, 0.15) is 16.8 Å². The van der Waals surface area contributed by atoms with Crippen LogP contribution < -0.4 is 5.32 Å². The van der Waals surface area contributed by atoms with Crippen LogP contribution in [0.15, 0.2) is 47.2 Å². The number of aryl methyl sites for hydroxylation is 1. The lowest BCUT2D eigenvalue weighted by molar-refractivity contribution is 0.681. The van der Waals surface area contributed by atoms with E-state index in [4.69, 9.17) is 0 Å². The summed E-state index contributed by atoms with van der Waals surface area (Å²) in [4.78, 5) is 4.66. The number of fused-ring (bicyclic) bond motifs is 1.